The van der Waals surface area contributed by atoms with E-state index < -0.39 is 11.7 Å². The Morgan fingerprint density at radius 3 is 1.96 bits per heavy atom. The lowest BCUT2D eigenvalue weighted by Crippen LogP contribution is -2.34. The molecule has 0 heterocycles. The number of amides is 1. The molecule has 27 heavy (non-hydrogen) atoms. The fourth-order valence-corrected chi connectivity index (χ4v) is 1.94. The highest BCUT2D eigenvalue weighted by atomic mass is 16.6. The van der Waals surface area contributed by atoms with Crippen molar-refractivity contribution in [2.75, 3.05) is 59.4 Å². The summed E-state index contributed by atoms with van der Waals surface area (Å²) in [6.07, 6.45) is 2.05. The number of alkyl carbamates (subject to hydrolysis) is 1. The maximum atomic E-state index is 11.4. The summed E-state index contributed by atoms with van der Waals surface area (Å²) < 4.78 is 26.5. The van der Waals surface area contributed by atoms with Crippen molar-refractivity contribution in [2.24, 2.45) is 0 Å². The molecular weight excluding hydrogens is 354 g/mol. The average molecular weight is 394 g/mol. The van der Waals surface area contributed by atoms with Gasteiger partial charge in [0.25, 0.3) is 0 Å². The third kappa shape index (κ3) is 21.2. The predicted molar refractivity (Wildman–Crippen MR) is 103 cm³/mol. The minimum absolute atomic E-state index is 0.361. The number of nitrogens with one attached hydrogen (secondary N) is 1. The summed E-state index contributed by atoms with van der Waals surface area (Å²) in [4.78, 5) is 11.4. The maximum Gasteiger partial charge on any atom is 0.407 e. The molecule has 0 radical (unpaired) electrons. The minimum atomic E-state index is -0.497. The lowest BCUT2D eigenvalue weighted by Gasteiger charge is -2.19. The van der Waals surface area contributed by atoms with Gasteiger partial charge in [-0.3, -0.25) is 0 Å². The molecule has 0 aliphatic rings. The van der Waals surface area contributed by atoms with Crippen LogP contribution in [0.4, 0.5) is 4.79 Å². The Morgan fingerprint density at radius 1 is 0.926 bits per heavy atom. The van der Waals surface area contributed by atoms with Gasteiger partial charge in [0, 0.05) is 6.54 Å². The zero-order chi connectivity index (χ0) is 20.4. The summed E-state index contributed by atoms with van der Waals surface area (Å²) in [5, 5.41) is 12.2. The number of aliphatic hydroxyl groups is 1. The summed E-state index contributed by atoms with van der Waals surface area (Å²) in [5.41, 5.74) is -0.497. The molecule has 0 fully saturated rings. The van der Waals surface area contributed by atoms with Crippen LogP contribution in [-0.4, -0.2) is 82.3 Å². The van der Waals surface area contributed by atoms with Crippen molar-refractivity contribution in [3.63, 3.8) is 0 Å². The van der Waals surface area contributed by atoms with Crippen molar-refractivity contribution in [3.8, 4) is 0 Å². The van der Waals surface area contributed by atoms with Crippen LogP contribution in [-0.2, 0) is 23.7 Å². The number of ether oxygens (including phenoxy) is 5. The van der Waals surface area contributed by atoms with Crippen LogP contribution < -0.4 is 5.32 Å². The van der Waals surface area contributed by atoms with Crippen molar-refractivity contribution in [1.29, 1.82) is 0 Å². The van der Waals surface area contributed by atoms with Gasteiger partial charge in [0.1, 0.15) is 5.60 Å². The molecule has 0 rings (SSSR count). The van der Waals surface area contributed by atoms with Crippen LogP contribution in [0.25, 0.3) is 0 Å². The summed E-state index contributed by atoms with van der Waals surface area (Å²) >= 11 is 0. The van der Waals surface area contributed by atoms with Crippen LogP contribution in [0.15, 0.2) is 0 Å². The van der Waals surface area contributed by atoms with E-state index in [4.69, 9.17) is 23.7 Å². The first-order chi connectivity index (χ1) is 12.8. The van der Waals surface area contributed by atoms with Gasteiger partial charge in [-0.15, -0.1) is 0 Å². The molecule has 162 valence electrons. The van der Waals surface area contributed by atoms with Gasteiger partial charge < -0.3 is 34.1 Å². The highest BCUT2D eigenvalue weighted by Gasteiger charge is 2.15. The molecule has 1 amide bonds. The molecule has 0 aliphatic carbocycles. The Morgan fingerprint density at radius 2 is 1.44 bits per heavy atom. The van der Waals surface area contributed by atoms with E-state index >= 15 is 0 Å². The predicted octanol–water partition coefficient (Wildman–Crippen LogP) is 2.13. The van der Waals surface area contributed by atoms with Crippen LogP contribution in [0.2, 0.25) is 0 Å². The molecule has 0 saturated carbocycles. The fourth-order valence-electron chi connectivity index (χ4n) is 1.94. The lowest BCUT2D eigenvalue weighted by molar-refractivity contribution is -0.0181. The summed E-state index contributed by atoms with van der Waals surface area (Å²) in [6, 6.07) is 0. The van der Waals surface area contributed by atoms with E-state index in [2.05, 4.69) is 12.2 Å². The van der Waals surface area contributed by atoms with Gasteiger partial charge in [-0.25, -0.2) is 4.79 Å². The van der Waals surface area contributed by atoms with Crippen molar-refractivity contribution >= 4 is 6.09 Å². The normalized spacial score (nSPS) is 12.8. The summed E-state index contributed by atoms with van der Waals surface area (Å²) in [5.74, 6) is 0. The Hall–Kier alpha value is -0.930. The second-order valence-electron chi connectivity index (χ2n) is 7.14. The quantitative estimate of drug-likeness (QED) is 0.366. The Bertz CT molecular complexity index is 347. The molecular formula is C19H39NO7. The zero-order valence-electron chi connectivity index (χ0n) is 17.5. The highest BCUT2D eigenvalue weighted by molar-refractivity contribution is 5.67. The van der Waals surface area contributed by atoms with E-state index in [-0.39, 0.29) is 6.10 Å². The maximum absolute atomic E-state index is 11.4. The summed E-state index contributed by atoms with van der Waals surface area (Å²) in [7, 11) is 0. The van der Waals surface area contributed by atoms with E-state index in [0.29, 0.717) is 59.4 Å². The van der Waals surface area contributed by atoms with E-state index in [1.165, 1.54) is 0 Å². The average Bonchev–Trinajstić information content (AvgIpc) is 2.58. The monoisotopic (exact) mass is 393 g/mol. The van der Waals surface area contributed by atoms with Gasteiger partial charge >= 0.3 is 6.09 Å². The number of rotatable bonds is 17. The van der Waals surface area contributed by atoms with Crippen LogP contribution in [0.3, 0.4) is 0 Å². The first-order valence-electron chi connectivity index (χ1n) is 9.81. The molecule has 0 saturated heterocycles. The molecule has 0 bridgehead atoms. The third-order valence-electron chi connectivity index (χ3n) is 3.23. The molecule has 0 spiro atoms. The van der Waals surface area contributed by atoms with Gasteiger partial charge in [0.2, 0.25) is 0 Å². The van der Waals surface area contributed by atoms with E-state index in [0.717, 1.165) is 19.3 Å². The van der Waals surface area contributed by atoms with Gasteiger partial charge in [0.05, 0.1) is 59.0 Å². The zero-order valence-corrected chi connectivity index (χ0v) is 17.5. The Labute approximate surface area is 163 Å². The number of aliphatic hydroxyl groups excluding tert-OH is 1. The molecule has 0 aliphatic heterocycles. The topological polar surface area (TPSA) is 95.5 Å². The van der Waals surface area contributed by atoms with E-state index in [1.807, 2.05) is 20.8 Å². The molecule has 0 aromatic rings. The van der Waals surface area contributed by atoms with E-state index in [1.54, 1.807) is 0 Å². The number of hydrogen-bond donors (Lipinski definition) is 2. The van der Waals surface area contributed by atoms with E-state index in [9.17, 15) is 9.90 Å². The van der Waals surface area contributed by atoms with Crippen molar-refractivity contribution in [3.05, 3.63) is 0 Å². The molecule has 1 atom stereocenters. The fraction of sp³-hybridized carbons (Fsp3) is 0.947. The molecule has 0 aromatic carbocycles. The number of carbonyl (C=O) groups excluding carboxylic acids is 1. The van der Waals surface area contributed by atoms with Gasteiger partial charge in [-0.2, -0.15) is 0 Å². The number of carbonyl (C=O) groups is 1. The SMILES string of the molecule is CCCCC(O)COCCOCCOCCOCCNC(=O)OC(C)(C)C. The van der Waals surface area contributed by atoms with Crippen LogP contribution in [0.1, 0.15) is 47.0 Å². The Kier molecular flexibility index (Phi) is 16.6. The van der Waals surface area contributed by atoms with Crippen LogP contribution >= 0.6 is 0 Å². The van der Waals surface area contributed by atoms with Crippen molar-refractivity contribution in [2.45, 2.75) is 58.7 Å². The van der Waals surface area contributed by atoms with Gasteiger partial charge in [0.15, 0.2) is 0 Å². The standard InChI is InChI=1S/C19H39NO7/c1-5-6-7-17(21)16-26-15-14-25-13-12-24-11-10-23-9-8-20-18(22)27-19(2,3)4/h17,21H,5-16H2,1-4H3,(H,20,22). The first kappa shape index (κ1) is 26.1. The number of unbranched alkanes of at least 4 members (excludes halogenated alkanes) is 1. The minimum Gasteiger partial charge on any atom is -0.444 e. The molecule has 8 nitrogen and oxygen atoms in total. The number of hydrogen-bond acceptors (Lipinski definition) is 7. The van der Waals surface area contributed by atoms with Crippen LogP contribution in [0.5, 0.6) is 0 Å². The highest BCUT2D eigenvalue weighted by Crippen LogP contribution is 2.06. The smallest absolute Gasteiger partial charge is 0.407 e. The second kappa shape index (κ2) is 17.2. The van der Waals surface area contributed by atoms with Crippen molar-refractivity contribution < 1.29 is 33.6 Å². The molecule has 0 aromatic heterocycles. The Balaban J connectivity index is 3.20. The lowest BCUT2D eigenvalue weighted by atomic mass is 10.2. The van der Waals surface area contributed by atoms with Crippen molar-refractivity contribution in [1.82, 2.24) is 5.32 Å². The van der Waals surface area contributed by atoms with Crippen LogP contribution in [0, 0.1) is 0 Å². The molecule has 2 N–H and O–H groups in total. The first-order valence-corrected chi connectivity index (χ1v) is 9.81. The largest absolute Gasteiger partial charge is 0.444 e. The summed E-state index contributed by atoms with van der Waals surface area (Å²) in [6.45, 7) is 11.5. The third-order valence-corrected chi connectivity index (χ3v) is 3.23. The van der Waals surface area contributed by atoms with Gasteiger partial charge in [-0.05, 0) is 27.2 Å². The molecule has 8 heteroatoms. The van der Waals surface area contributed by atoms with Gasteiger partial charge in [-0.1, -0.05) is 19.8 Å². The molecule has 1 unspecified atom stereocenters. The second-order valence-corrected chi connectivity index (χ2v) is 7.14.